The Morgan fingerprint density at radius 1 is 1.40 bits per heavy atom. The lowest BCUT2D eigenvalue weighted by Crippen LogP contribution is -2.52. The molecule has 0 aromatic heterocycles. The van der Waals surface area contributed by atoms with Crippen molar-refractivity contribution in [3.63, 3.8) is 0 Å². The average Bonchev–Trinajstić information content (AvgIpc) is 2.11. The first-order valence-electron chi connectivity index (χ1n) is 3.82. The van der Waals surface area contributed by atoms with Crippen molar-refractivity contribution < 1.29 is 26.7 Å². The van der Waals surface area contributed by atoms with Crippen LogP contribution in [0.15, 0.2) is 0 Å². The monoisotopic (exact) mass is 230 g/mol. The maximum absolute atomic E-state index is 12.3. The highest BCUT2D eigenvalue weighted by Crippen LogP contribution is 2.35. The largest absolute Gasteiger partial charge is 0.463 e. The van der Waals surface area contributed by atoms with E-state index >= 15 is 0 Å². The van der Waals surface area contributed by atoms with Crippen molar-refractivity contribution in [3.05, 3.63) is 0 Å². The molecule has 0 aliphatic heterocycles. The molecule has 0 fully saturated rings. The number of halogens is 5. The topological polar surface area (TPSA) is 52.9 Å². The molecule has 1 unspecified atom stereocenters. The molecular weight excluding hydrogens is 223 g/mol. The zero-order valence-corrected chi connectivity index (χ0v) is 7.53. The van der Waals surface area contributed by atoms with Gasteiger partial charge >= 0.3 is 18.0 Å². The molecule has 0 aliphatic carbocycles. The van der Waals surface area contributed by atoms with E-state index < -0.39 is 24.0 Å². The Kier molecular flexibility index (Phi) is 4.01. The van der Waals surface area contributed by atoms with Crippen molar-refractivity contribution in [2.45, 2.75) is 31.5 Å². The van der Waals surface area contributed by atoms with Crippen molar-refractivity contribution in [1.29, 1.82) is 5.26 Å². The minimum absolute atomic E-state index is 0.0593. The molecule has 86 valence electrons. The first-order valence-corrected chi connectivity index (χ1v) is 3.82. The van der Waals surface area contributed by atoms with Crippen LogP contribution in [0.1, 0.15) is 13.3 Å². The molecule has 0 radical (unpaired) electrons. The standard InChI is InChI=1S/C7H7F5N2O/c1-2-4(3-13)14-5(15)6(8,9)7(10,11)12/h4H,2H2,1H3,(H,14,15). The number of nitriles is 1. The third-order valence-corrected chi connectivity index (χ3v) is 1.51. The van der Waals surface area contributed by atoms with Gasteiger partial charge in [0.15, 0.2) is 0 Å². The summed E-state index contributed by atoms with van der Waals surface area (Å²) in [6.07, 6.45) is -6.01. The van der Waals surface area contributed by atoms with Gasteiger partial charge in [0.1, 0.15) is 6.04 Å². The second kappa shape index (κ2) is 4.42. The number of rotatable bonds is 3. The lowest BCUT2D eigenvalue weighted by atomic mass is 10.2. The predicted octanol–water partition coefficient (Wildman–Crippen LogP) is 1.60. The lowest BCUT2D eigenvalue weighted by Gasteiger charge is -2.19. The summed E-state index contributed by atoms with van der Waals surface area (Å²) in [5.41, 5.74) is 0. The van der Waals surface area contributed by atoms with Crippen LogP contribution in [0.5, 0.6) is 0 Å². The highest BCUT2D eigenvalue weighted by atomic mass is 19.4. The maximum Gasteiger partial charge on any atom is 0.463 e. The van der Waals surface area contributed by atoms with E-state index in [1.807, 2.05) is 0 Å². The first kappa shape index (κ1) is 13.6. The molecule has 0 spiro atoms. The number of hydrogen-bond donors (Lipinski definition) is 1. The van der Waals surface area contributed by atoms with Crippen LogP contribution >= 0.6 is 0 Å². The zero-order chi connectivity index (χ0) is 12.3. The average molecular weight is 230 g/mol. The quantitative estimate of drug-likeness (QED) is 0.748. The van der Waals surface area contributed by atoms with E-state index in [2.05, 4.69) is 0 Å². The summed E-state index contributed by atoms with van der Waals surface area (Å²) in [4.78, 5) is 10.5. The number of amides is 1. The van der Waals surface area contributed by atoms with Crippen LogP contribution in [0.25, 0.3) is 0 Å². The normalized spacial score (nSPS) is 14.2. The Bertz CT molecular complexity index is 280. The molecule has 0 aromatic carbocycles. The number of carbonyl (C=O) groups is 1. The highest BCUT2D eigenvalue weighted by molar-refractivity contribution is 5.84. The third-order valence-electron chi connectivity index (χ3n) is 1.51. The van der Waals surface area contributed by atoms with Crippen LogP contribution in [-0.4, -0.2) is 24.0 Å². The van der Waals surface area contributed by atoms with E-state index in [1.54, 1.807) is 0 Å². The Morgan fingerprint density at radius 3 is 2.13 bits per heavy atom. The fourth-order valence-electron chi connectivity index (χ4n) is 0.603. The molecule has 15 heavy (non-hydrogen) atoms. The molecule has 1 atom stereocenters. The van der Waals surface area contributed by atoms with E-state index in [-0.39, 0.29) is 6.42 Å². The Labute approximate surface area is 81.9 Å². The SMILES string of the molecule is CCC(C#N)NC(=O)C(F)(F)C(F)(F)F. The number of hydrogen-bond acceptors (Lipinski definition) is 2. The minimum Gasteiger partial charge on any atom is -0.335 e. The van der Waals surface area contributed by atoms with Crippen LogP contribution in [0.4, 0.5) is 22.0 Å². The van der Waals surface area contributed by atoms with Gasteiger partial charge < -0.3 is 5.32 Å². The number of alkyl halides is 5. The van der Waals surface area contributed by atoms with Crippen LogP contribution in [0.2, 0.25) is 0 Å². The molecule has 0 aliphatic rings. The molecule has 1 N–H and O–H groups in total. The molecule has 0 heterocycles. The summed E-state index contributed by atoms with van der Waals surface area (Å²) in [5.74, 6) is -7.99. The molecule has 0 bridgehead atoms. The van der Waals surface area contributed by atoms with Gasteiger partial charge in [0.05, 0.1) is 6.07 Å². The maximum atomic E-state index is 12.3. The van der Waals surface area contributed by atoms with E-state index in [1.165, 1.54) is 18.3 Å². The molecule has 3 nitrogen and oxygen atoms in total. The van der Waals surface area contributed by atoms with Crippen molar-refractivity contribution in [2.75, 3.05) is 0 Å². The van der Waals surface area contributed by atoms with Gasteiger partial charge in [-0.15, -0.1) is 0 Å². The first-order chi connectivity index (χ1) is 6.66. The molecule has 1 amide bonds. The van der Waals surface area contributed by atoms with E-state index in [9.17, 15) is 26.7 Å². The van der Waals surface area contributed by atoms with Crippen molar-refractivity contribution in [3.8, 4) is 6.07 Å². The van der Waals surface area contributed by atoms with Crippen molar-refractivity contribution >= 4 is 5.91 Å². The molecule has 0 rings (SSSR count). The van der Waals surface area contributed by atoms with E-state index in [4.69, 9.17) is 5.26 Å². The van der Waals surface area contributed by atoms with Crippen molar-refractivity contribution in [1.82, 2.24) is 5.32 Å². The van der Waals surface area contributed by atoms with E-state index in [0.29, 0.717) is 0 Å². The van der Waals surface area contributed by atoms with Gasteiger partial charge in [-0.2, -0.15) is 27.2 Å². The van der Waals surface area contributed by atoms with Crippen LogP contribution in [-0.2, 0) is 4.79 Å². The van der Waals surface area contributed by atoms with Gasteiger partial charge in [0.2, 0.25) is 0 Å². The van der Waals surface area contributed by atoms with Gasteiger partial charge in [-0.05, 0) is 6.42 Å². The lowest BCUT2D eigenvalue weighted by molar-refractivity contribution is -0.269. The van der Waals surface area contributed by atoms with Gasteiger partial charge in [-0.1, -0.05) is 6.92 Å². The fourth-order valence-corrected chi connectivity index (χ4v) is 0.603. The Balaban J connectivity index is 4.67. The molecular formula is C7H7F5N2O. The summed E-state index contributed by atoms with van der Waals surface area (Å²) in [6, 6.07) is 0.0177. The van der Waals surface area contributed by atoms with Gasteiger partial charge in [-0.3, -0.25) is 4.79 Å². The number of nitrogens with one attached hydrogen (secondary N) is 1. The molecule has 0 saturated heterocycles. The van der Waals surface area contributed by atoms with E-state index in [0.717, 1.165) is 0 Å². The second-order valence-electron chi connectivity index (χ2n) is 2.64. The summed E-state index contributed by atoms with van der Waals surface area (Å²) < 4.78 is 59.6. The number of nitrogens with zero attached hydrogens (tertiary/aromatic N) is 1. The minimum atomic E-state index is -5.95. The molecule has 8 heteroatoms. The Hall–Kier alpha value is -1.39. The van der Waals surface area contributed by atoms with Gasteiger partial charge in [0.25, 0.3) is 0 Å². The van der Waals surface area contributed by atoms with Crippen molar-refractivity contribution in [2.24, 2.45) is 0 Å². The summed E-state index contributed by atoms with van der Waals surface area (Å²) in [7, 11) is 0. The summed E-state index contributed by atoms with van der Waals surface area (Å²) in [5, 5.41) is 9.55. The summed E-state index contributed by atoms with van der Waals surface area (Å²) >= 11 is 0. The van der Waals surface area contributed by atoms with Crippen LogP contribution in [0, 0.1) is 11.3 Å². The second-order valence-corrected chi connectivity index (χ2v) is 2.64. The predicted molar refractivity (Wildman–Crippen MR) is 38.8 cm³/mol. The molecule has 0 saturated carbocycles. The van der Waals surface area contributed by atoms with Crippen LogP contribution in [0.3, 0.4) is 0 Å². The highest BCUT2D eigenvalue weighted by Gasteiger charge is 2.63. The Morgan fingerprint density at radius 2 is 1.87 bits per heavy atom. The van der Waals surface area contributed by atoms with Crippen LogP contribution < -0.4 is 5.32 Å². The van der Waals surface area contributed by atoms with Gasteiger partial charge in [0, 0.05) is 0 Å². The third kappa shape index (κ3) is 3.04. The zero-order valence-electron chi connectivity index (χ0n) is 7.53. The van der Waals surface area contributed by atoms with Gasteiger partial charge in [-0.25, -0.2) is 0 Å². The number of carbonyl (C=O) groups excluding carboxylic acids is 1. The smallest absolute Gasteiger partial charge is 0.335 e. The molecule has 0 aromatic rings. The fraction of sp³-hybridized carbons (Fsp3) is 0.714. The summed E-state index contributed by atoms with van der Waals surface area (Å²) in [6.45, 7) is 1.36.